The Labute approximate surface area is 69.0 Å². The van der Waals surface area contributed by atoms with E-state index in [-0.39, 0.29) is 0 Å². The number of hydrogen-bond donors (Lipinski definition) is 1. The molecule has 2 heteroatoms. The monoisotopic (exact) mass is 154 g/mol. The minimum absolute atomic E-state index is 0.545. The smallest absolute Gasteiger partial charge is 0.0454 e. The molecular weight excluding hydrogens is 136 g/mol. The number of hydrogen-bond acceptors (Lipinski definition) is 2. The molecule has 0 amide bonds. The second-order valence-corrected chi connectivity index (χ2v) is 4.65. The number of nitrogens with zero attached hydrogens (tertiary/aromatic N) is 1. The molecule has 2 fully saturated rings. The van der Waals surface area contributed by atoms with E-state index < -0.39 is 0 Å². The molecule has 1 unspecified atom stereocenters. The number of rotatable bonds is 1. The number of likely N-dealkylation sites (N-methyl/N-ethyl adjacent to an activating group) is 1. The Morgan fingerprint density at radius 1 is 1.45 bits per heavy atom. The van der Waals surface area contributed by atoms with Crippen LogP contribution in [0.25, 0.3) is 0 Å². The van der Waals surface area contributed by atoms with Gasteiger partial charge in [-0.15, -0.1) is 0 Å². The largest absolute Gasteiger partial charge is 0.306 e. The first kappa shape index (κ1) is 7.56. The van der Waals surface area contributed by atoms with E-state index >= 15 is 0 Å². The Morgan fingerprint density at radius 2 is 2.00 bits per heavy atom. The van der Waals surface area contributed by atoms with Crippen molar-refractivity contribution >= 4 is 0 Å². The van der Waals surface area contributed by atoms with Crippen LogP contribution >= 0.6 is 0 Å². The van der Waals surface area contributed by atoms with E-state index in [9.17, 15) is 0 Å². The first-order valence-corrected chi connectivity index (χ1v) is 4.58. The van der Waals surface area contributed by atoms with Gasteiger partial charge in [-0.2, -0.15) is 0 Å². The molecule has 2 aliphatic heterocycles. The summed E-state index contributed by atoms with van der Waals surface area (Å²) in [6.45, 7) is 7.12. The van der Waals surface area contributed by atoms with Crippen LogP contribution in [0.1, 0.15) is 20.3 Å². The summed E-state index contributed by atoms with van der Waals surface area (Å²) >= 11 is 0. The standard InChI is InChI=1S/C9H18N2/c1-7(2)8-4-9(10-8)5-11(3)6-9/h7-8,10H,4-6H2,1-3H3. The Bertz CT molecular complexity index is 151. The summed E-state index contributed by atoms with van der Waals surface area (Å²) < 4.78 is 0. The molecule has 2 rings (SSSR count). The first-order chi connectivity index (χ1) is 5.11. The SMILES string of the molecule is CC(C)C1CC2(CN(C)C2)N1. The van der Waals surface area contributed by atoms with Crippen molar-refractivity contribution in [2.24, 2.45) is 5.92 Å². The van der Waals surface area contributed by atoms with Gasteiger partial charge in [0.25, 0.3) is 0 Å². The molecule has 1 N–H and O–H groups in total. The lowest BCUT2D eigenvalue weighted by Gasteiger charge is -2.60. The highest BCUT2D eigenvalue weighted by atomic mass is 15.3. The average molecular weight is 154 g/mol. The van der Waals surface area contributed by atoms with Crippen LogP contribution in [0.2, 0.25) is 0 Å². The fourth-order valence-corrected chi connectivity index (χ4v) is 2.40. The van der Waals surface area contributed by atoms with Crippen molar-refractivity contribution in [1.29, 1.82) is 0 Å². The van der Waals surface area contributed by atoms with Gasteiger partial charge in [0, 0.05) is 24.7 Å². The second kappa shape index (κ2) is 2.20. The van der Waals surface area contributed by atoms with Crippen LogP contribution in [0.5, 0.6) is 0 Å². The van der Waals surface area contributed by atoms with Crippen LogP contribution in [-0.2, 0) is 0 Å². The molecule has 0 aromatic heterocycles. The van der Waals surface area contributed by atoms with E-state index in [4.69, 9.17) is 0 Å². The highest BCUT2D eigenvalue weighted by Crippen LogP contribution is 2.35. The Balaban J connectivity index is 1.80. The van der Waals surface area contributed by atoms with E-state index in [0.29, 0.717) is 5.54 Å². The fourth-order valence-electron chi connectivity index (χ4n) is 2.40. The highest BCUT2D eigenvalue weighted by Gasteiger charge is 2.50. The van der Waals surface area contributed by atoms with Crippen molar-refractivity contribution < 1.29 is 0 Å². The van der Waals surface area contributed by atoms with Gasteiger partial charge in [0.05, 0.1) is 0 Å². The minimum atomic E-state index is 0.545. The van der Waals surface area contributed by atoms with Gasteiger partial charge in [-0.05, 0) is 19.4 Å². The van der Waals surface area contributed by atoms with Crippen molar-refractivity contribution in [3.63, 3.8) is 0 Å². The maximum atomic E-state index is 3.68. The Morgan fingerprint density at radius 3 is 2.36 bits per heavy atom. The fraction of sp³-hybridized carbons (Fsp3) is 1.00. The van der Waals surface area contributed by atoms with Crippen molar-refractivity contribution in [3.8, 4) is 0 Å². The summed E-state index contributed by atoms with van der Waals surface area (Å²) in [5.41, 5.74) is 0.545. The molecule has 0 saturated carbocycles. The van der Waals surface area contributed by atoms with Crippen LogP contribution in [0.4, 0.5) is 0 Å². The molecule has 0 bridgehead atoms. The molecule has 64 valence electrons. The third-order valence-corrected chi connectivity index (χ3v) is 3.05. The second-order valence-electron chi connectivity index (χ2n) is 4.65. The van der Waals surface area contributed by atoms with Gasteiger partial charge in [0.1, 0.15) is 0 Å². The molecule has 0 aromatic carbocycles. The van der Waals surface area contributed by atoms with Crippen LogP contribution in [-0.4, -0.2) is 36.6 Å². The highest BCUT2D eigenvalue weighted by molar-refractivity contribution is 5.12. The quantitative estimate of drug-likeness (QED) is 0.598. The van der Waals surface area contributed by atoms with Crippen LogP contribution in [0.3, 0.4) is 0 Å². The lowest BCUT2D eigenvalue weighted by molar-refractivity contribution is -0.0300. The molecule has 11 heavy (non-hydrogen) atoms. The van der Waals surface area contributed by atoms with E-state index in [2.05, 4.69) is 31.1 Å². The normalized spacial score (nSPS) is 35.5. The maximum Gasteiger partial charge on any atom is 0.0454 e. The zero-order chi connectivity index (χ0) is 8.06. The molecule has 1 atom stereocenters. The molecule has 2 heterocycles. The minimum Gasteiger partial charge on any atom is -0.306 e. The van der Waals surface area contributed by atoms with Crippen LogP contribution < -0.4 is 5.32 Å². The molecular formula is C9H18N2. The van der Waals surface area contributed by atoms with Gasteiger partial charge in [-0.1, -0.05) is 13.8 Å². The Hall–Kier alpha value is -0.0800. The molecule has 2 nitrogen and oxygen atoms in total. The Kier molecular flexibility index (Phi) is 1.52. The third kappa shape index (κ3) is 1.09. The summed E-state index contributed by atoms with van der Waals surface area (Å²) in [5, 5.41) is 3.68. The molecule has 0 radical (unpaired) electrons. The van der Waals surface area contributed by atoms with Gasteiger partial charge in [-0.3, -0.25) is 0 Å². The van der Waals surface area contributed by atoms with Crippen LogP contribution in [0, 0.1) is 5.92 Å². The predicted molar refractivity (Wildman–Crippen MR) is 46.6 cm³/mol. The van der Waals surface area contributed by atoms with Crippen molar-refractivity contribution in [2.75, 3.05) is 20.1 Å². The molecule has 0 aromatic rings. The lowest BCUT2D eigenvalue weighted by Crippen LogP contribution is -2.79. The summed E-state index contributed by atoms with van der Waals surface area (Å²) in [4.78, 5) is 2.38. The summed E-state index contributed by atoms with van der Waals surface area (Å²) in [7, 11) is 2.19. The van der Waals surface area contributed by atoms with Gasteiger partial charge >= 0.3 is 0 Å². The van der Waals surface area contributed by atoms with E-state index in [1.165, 1.54) is 19.5 Å². The molecule has 2 aliphatic rings. The maximum absolute atomic E-state index is 3.68. The summed E-state index contributed by atoms with van der Waals surface area (Å²) in [5.74, 6) is 0.812. The summed E-state index contributed by atoms with van der Waals surface area (Å²) in [6.07, 6.45) is 1.40. The van der Waals surface area contributed by atoms with Crippen LogP contribution in [0.15, 0.2) is 0 Å². The molecule has 2 saturated heterocycles. The number of likely N-dealkylation sites (tertiary alicyclic amines) is 1. The van der Waals surface area contributed by atoms with Crippen molar-refractivity contribution in [2.45, 2.75) is 31.8 Å². The lowest BCUT2D eigenvalue weighted by atomic mass is 9.72. The van der Waals surface area contributed by atoms with E-state index in [1.54, 1.807) is 0 Å². The van der Waals surface area contributed by atoms with Crippen molar-refractivity contribution in [3.05, 3.63) is 0 Å². The van der Waals surface area contributed by atoms with E-state index in [0.717, 1.165) is 12.0 Å². The summed E-state index contributed by atoms with van der Waals surface area (Å²) in [6, 6.07) is 0.795. The first-order valence-electron chi connectivity index (χ1n) is 4.58. The van der Waals surface area contributed by atoms with Gasteiger partial charge in [-0.25, -0.2) is 0 Å². The van der Waals surface area contributed by atoms with Crippen molar-refractivity contribution in [1.82, 2.24) is 10.2 Å². The van der Waals surface area contributed by atoms with E-state index in [1.807, 2.05) is 0 Å². The zero-order valence-corrected chi connectivity index (χ0v) is 7.72. The van der Waals surface area contributed by atoms with Gasteiger partial charge < -0.3 is 10.2 Å². The molecule has 1 spiro atoms. The topological polar surface area (TPSA) is 15.3 Å². The zero-order valence-electron chi connectivity index (χ0n) is 7.72. The molecule has 0 aliphatic carbocycles. The van der Waals surface area contributed by atoms with Gasteiger partial charge in [0.2, 0.25) is 0 Å². The van der Waals surface area contributed by atoms with Gasteiger partial charge in [0.15, 0.2) is 0 Å². The third-order valence-electron chi connectivity index (χ3n) is 3.05. The number of nitrogens with one attached hydrogen (secondary N) is 1. The predicted octanol–water partition coefficient (Wildman–Crippen LogP) is 0.688. The average Bonchev–Trinajstić information content (AvgIpc) is 1.73.